The van der Waals surface area contributed by atoms with Crippen LogP contribution >= 0.6 is 0 Å². The van der Waals surface area contributed by atoms with Crippen LogP contribution in [-0.4, -0.2) is 21.7 Å². The van der Waals surface area contributed by atoms with Gasteiger partial charge in [-0.15, -0.1) is 0 Å². The Labute approximate surface area is 132 Å². The molecule has 0 spiro atoms. The minimum absolute atomic E-state index is 0.315. The molecular formula is C17H16F2N4. The molecule has 0 fully saturated rings. The highest BCUT2D eigenvalue weighted by Gasteiger charge is 2.12. The Morgan fingerprint density at radius 2 is 1.91 bits per heavy atom. The fourth-order valence-electron chi connectivity index (χ4n) is 2.38. The zero-order chi connectivity index (χ0) is 16.1. The van der Waals surface area contributed by atoms with Crippen molar-refractivity contribution in [3.8, 4) is 11.3 Å². The molecule has 4 nitrogen and oxygen atoms in total. The van der Waals surface area contributed by atoms with Crippen molar-refractivity contribution >= 4 is 0 Å². The number of aromatic nitrogens is 3. The second kappa shape index (κ2) is 7.11. The summed E-state index contributed by atoms with van der Waals surface area (Å²) in [4.78, 5) is 3.98. The van der Waals surface area contributed by atoms with E-state index in [1.807, 2.05) is 12.1 Å². The van der Waals surface area contributed by atoms with Crippen LogP contribution in [0.25, 0.3) is 11.3 Å². The van der Waals surface area contributed by atoms with Gasteiger partial charge in [0.15, 0.2) is 0 Å². The summed E-state index contributed by atoms with van der Waals surface area (Å²) in [5, 5.41) is 10.0. The molecule has 2 aromatic heterocycles. The van der Waals surface area contributed by atoms with Crippen molar-refractivity contribution in [1.29, 1.82) is 0 Å². The highest BCUT2D eigenvalue weighted by atomic mass is 19.1. The maximum absolute atomic E-state index is 13.9. The minimum atomic E-state index is -0.604. The molecule has 0 bridgehead atoms. The molecule has 2 heterocycles. The van der Waals surface area contributed by atoms with Gasteiger partial charge < -0.3 is 5.32 Å². The molecule has 0 aliphatic carbocycles. The fraction of sp³-hybridized carbons (Fsp3) is 0.176. The average molecular weight is 314 g/mol. The molecule has 2 N–H and O–H groups in total. The highest BCUT2D eigenvalue weighted by Crippen LogP contribution is 2.24. The number of halogens is 2. The average Bonchev–Trinajstić information content (AvgIpc) is 3.01. The van der Waals surface area contributed by atoms with E-state index in [2.05, 4.69) is 20.5 Å². The van der Waals surface area contributed by atoms with Crippen LogP contribution in [0.2, 0.25) is 0 Å². The largest absolute Gasteiger partial charge is 0.312 e. The molecule has 0 aliphatic rings. The molecule has 0 amide bonds. The van der Waals surface area contributed by atoms with Crippen LogP contribution in [0.3, 0.4) is 0 Å². The third-order valence-electron chi connectivity index (χ3n) is 3.57. The third kappa shape index (κ3) is 3.78. The molecule has 0 atom stereocenters. The second-order valence-electron chi connectivity index (χ2n) is 5.18. The van der Waals surface area contributed by atoms with Gasteiger partial charge in [0.25, 0.3) is 0 Å². The maximum Gasteiger partial charge on any atom is 0.135 e. The summed E-state index contributed by atoms with van der Waals surface area (Å²) in [7, 11) is 0. The number of pyridine rings is 1. The van der Waals surface area contributed by atoms with Gasteiger partial charge in [-0.1, -0.05) is 0 Å². The molecule has 0 saturated heterocycles. The van der Waals surface area contributed by atoms with E-state index in [1.54, 1.807) is 18.6 Å². The number of nitrogens with one attached hydrogen (secondary N) is 2. The molecule has 0 saturated carbocycles. The predicted octanol–water partition coefficient (Wildman–Crippen LogP) is 3.08. The number of nitrogens with zero attached hydrogens (tertiary/aromatic N) is 2. The first-order chi connectivity index (χ1) is 11.2. The topological polar surface area (TPSA) is 53.6 Å². The van der Waals surface area contributed by atoms with Gasteiger partial charge in [-0.2, -0.15) is 5.10 Å². The van der Waals surface area contributed by atoms with E-state index in [1.165, 1.54) is 17.7 Å². The van der Waals surface area contributed by atoms with Gasteiger partial charge in [0.2, 0.25) is 0 Å². The summed E-state index contributed by atoms with van der Waals surface area (Å²) in [6, 6.07) is 7.47. The Kier molecular flexibility index (Phi) is 4.73. The molecule has 3 aromatic rings. The number of aromatic amines is 1. The first kappa shape index (κ1) is 15.3. The van der Waals surface area contributed by atoms with E-state index in [9.17, 15) is 8.78 Å². The van der Waals surface area contributed by atoms with E-state index >= 15 is 0 Å². The summed E-state index contributed by atoms with van der Waals surface area (Å²) in [6.07, 6.45) is 6.06. The van der Waals surface area contributed by atoms with Gasteiger partial charge in [0, 0.05) is 36.1 Å². The van der Waals surface area contributed by atoms with Gasteiger partial charge >= 0.3 is 0 Å². The van der Waals surface area contributed by atoms with Crippen molar-refractivity contribution < 1.29 is 8.78 Å². The standard InChI is InChI=1S/C17H16F2N4/c18-14-1-2-15(16(19)9-14)17-13(11-22-23-17)10-21-8-5-12-3-6-20-7-4-12/h1-4,6-7,9,11,21H,5,8,10H2,(H,22,23). The zero-order valence-electron chi connectivity index (χ0n) is 12.4. The molecule has 0 unspecified atom stereocenters. The van der Waals surface area contributed by atoms with Crippen LogP contribution < -0.4 is 5.32 Å². The van der Waals surface area contributed by atoms with Crippen LogP contribution in [-0.2, 0) is 13.0 Å². The van der Waals surface area contributed by atoms with Crippen molar-refractivity contribution in [2.75, 3.05) is 6.54 Å². The van der Waals surface area contributed by atoms with Crippen LogP contribution in [0.15, 0.2) is 48.9 Å². The first-order valence-corrected chi connectivity index (χ1v) is 7.31. The monoisotopic (exact) mass is 314 g/mol. The van der Waals surface area contributed by atoms with E-state index in [-0.39, 0.29) is 0 Å². The van der Waals surface area contributed by atoms with E-state index in [0.717, 1.165) is 24.6 Å². The summed E-state index contributed by atoms with van der Waals surface area (Å²) < 4.78 is 26.9. The second-order valence-corrected chi connectivity index (χ2v) is 5.18. The Morgan fingerprint density at radius 3 is 2.70 bits per heavy atom. The number of rotatable bonds is 6. The third-order valence-corrected chi connectivity index (χ3v) is 3.57. The van der Waals surface area contributed by atoms with Crippen molar-refractivity contribution in [1.82, 2.24) is 20.5 Å². The molecule has 6 heteroatoms. The molecular weight excluding hydrogens is 298 g/mol. The van der Waals surface area contributed by atoms with E-state index in [0.29, 0.717) is 17.8 Å². The number of H-pyrrole nitrogens is 1. The molecule has 1 aromatic carbocycles. The van der Waals surface area contributed by atoms with Gasteiger partial charge in [0.1, 0.15) is 11.6 Å². The van der Waals surface area contributed by atoms with Crippen molar-refractivity contribution in [3.05, 3.63) is 71.7 Å². The number of benzene rings is 1. The summed E-state index contributed by atoms with van der Waals surface area (Å²) in [5.74, 6) is -1.20. The summed E-state index contributed by atoms with van der Waals surface area (Å²) in [5.41, 5.74) is 2.92. The smallest absolute Gasteiger partial charge is 0.135 e. The maximum atomic E-state index is 13.9. The van der Waals surface area contributed by atoms with E-state index in [4.69, 9.17) is 0 Å². The fourth-order valence-corrected chi connectivity index (χ4v) is 2.38. The Morgan fingerprint density at radius 1 is 1.09 bits per heavy atom. The minimum Gasteiger partial charge on any atom is -0.312 e. The van der Waals surface area contributed by atoms with Gasteiger partial charge in [0.05, 0.1) is 11.9 Å². The Hall–Kier alpha value is -2.60. The lowest BCUT2D eigenvalue weighted by atomic mass is 10.1. The van der Waals surface area contributed by atoms with Gasteiger partial charge in [-0.3, -0.25) is 10.1 Å². The van der Waals surface area contributed by atoms with Crippen molar-refractivity contribution in [2.45, 2.75) is 13.0 Å². The molecule has 0 aliphatic heterocycles. The van der Waals surface area contributed by atoms with Crippen LogP contribution in [0.4, 0.5) is 8.78 Å². The number of hydrogen-bond donors (Lipinski definition) is 2. The summed E-state index contributed by atoms with van der Waals surface area (Å²) in [6.45, 7) is 1.33. The zero-order valence-corrected chi connectivity index (χ0v) is 12.4. The van der Waals surface area contributed by atoms with Gasteiger partial charge in [-0.05, 0) is 42.8 Å². The number of hydrogen-bond acceptors (Lipinski definition) is 3. The molecule has 3 rings (SSSR count). The van der Waals surface area contributed by atoms with Crippen LogP contribution in [0.1, 0.15) is 11.1 Å². The lowest BCUT2D eigenvalue weighted by Gasteiger charge is -2.07. The van der Waals surface area contributed by atoms with Crippen molar-refractivity contribution in [3.63, 3.8) is 0 Å². The van der Waals surface area contributed by atoms with Crippen LogP contribution in [0, 0.1) is 11.6 Å². The lowest BCUT2D eigenvalue weighted by molar-refractivity contribution is 0.585. The first-order valence-electron chi connectivity index (χ1n) is 7.31. The predicted molar refractivity (Wildman–Crippen MR) is 83.6 cm³/mol. The SMILES string of the molecule is Fc1ccc(-c2[nH]ncc2CNCCc2ccncc2)c(F)c1. The Balaban J connectivity index is 1.62. The van der Waals surface area contributed by atoms with Gasteiger partial charge in [-0.25, -0.2) is 8.78 Å². The van der Waals surface area contributed by atoms with Crippen LogP contribution in [0.5, 0.6) is 0 Å². The van der Waals surface area contributed by atoms with Crippen molar-refractivity contribution in [2.24, 2.45) is 0 Å². The Bertz CT molecular complexity index is 771. The lowest BCUT2D eigenvalue weighted by Crippen LogP contribution is -2.16. The normalized spacial score (nSPS) is 10.9. The molecule has 0 radical (unpaired) electrons. The molecule has 118 valence electrons. The quantitative estimate of drug-likeness (QED) is 0.688. The van der Waals surface area contributed by atoms with E-state index < -0.39 is 11.6 Å². The highest BCUT2D eigenvalue weighted by molar-refractivity contribution is 5.63. The summed E-state index contributed by atoms with van der Waals surface area (Å²) >= 11 is 0. The molecule has 23 heavy (non-hydrogen) atoms.